The molecule has 1 aliphatic carbocycles. The van der Waals surface area contributed by atoms with Crippen LogP contribution in [0.1, 0.15) is 31.4 Å². The summed E-state index contributed by atoms with van der Waals surface area (Å²) in [4.78, 5) is 0. The van der Waals surface area contributed by atoms with E-state index in [0.29, 0.717) is 12.1 Å². The van der Waals surface area contributed by atoms with Gasteiger partial charge in [-0.3, -0.25) is 0 Å². The highest BCUT2D eigenvalue weighted by molar-refractivity contribution is 7.80. The fourth-order valence-corrected chi connectivity index (χ4v) is 2.76. The molecule has 0 aliphatic heterocycles. The van der Waals surface area contributed by atoms with Gasteiger partial charge in [0.05, 0.1) is 6.10 Å². The Hall–Kier alpha value is -1.13. The lowest BCUT2D eigenvalue weighted by atomic mass is 10.1. The molecule has 0 aromatic heterocycles. The van der Waals surface area contributed by atoms with Crippen molar-refractivity contribution in [2.45, 2.75) is 45.3 Å². The SMILES string of the molecule is CC(C)OCCCNC(=S)NC1Cc2ccccc2C1. The van der Waals surface area contributed by atoms with Crippen LogP contribution in [-0.4, -0.2) is 30.4 Å². The molecule has 0 radical (unpaired) electrons. The van der Waals surface area contributed by atoms with Crippen molar-refractivity contribution in [1.82, 2.24) is 10.6 Å². The van der Waals surface area contributed by atoms with Crippen LogP contribution < -0.4 is 10.6 Å². The summed E-state index contributed by atoms with van der Waals surface area (Å²) in [5.74, 6) is 0. The molecule has 0 bridgehead atoms. The zero-order valence-corrected chi connectivity index (χ0v) is 13.1. The fourth-order valence-electron chi connectivity index (χ4n) is 2.49. The molecule has 0 saturated heterocycles. The number of hydrogen-bond donors (Lipinski definition) is 2. The highest BCUT2D eigenvalue weighted by Crippen LogP contribution is 2.21. The van der Waals surface area contributed by atoms with Gasteiger partial charge in [0.1, 0.15) is 0 Å². The van der Waals surface area contributed by atoms with Gasteiger partial charge in [0.2, 0.25) is 0 Å². The molecule has 110 valence electrons. The van der Waals surface area contributed by atoms with E-state index in [9.17, 15) is 0 Å². The van der Waals surface area contributed by atoms with Gasteiger partial charge in [-0.1, -0.05) is 24.3 Å². The van der Waals surface area contributed by atoms with E-state index in [-0.39, 0.29) is 0 Å². The van der Waals surface area contributed by atoms with Gasteiger partial charge in [0.25, 0.3) is 0 Å². The van der Waals surface area contributed by atoms with E-state index in [1.165, 1.54) is 11.1 Å². The third kappa shape index (κ3) is 4.76. The summed E-state index contributed by atoms with van der Waals surface area (Å²) in [7, 11) is 0. The molecule has 0 atom stereocenters. The zero-order valence-electron chi connectivity index (χ0n) is 12.3. The van der Waals surface area contributed by atoms with Crippen molar-refractivity contribution in [1.29, 1.82) is 0 Å². The maximum absolute atomic E-state index is 5.50. The molecular formula is C16H24N2OS. The van der Waals surface area contributed by atoms with Crippen LogP contribution in [0.5, 0.6) is 0 Å². The number of benzene rings is 1. The van der Waals surface area contributed by atoms with Crippen molar-refractivity contribution < 1.29 is 4.74 Å². The third-order valence-electron chi connectivity index (χ3n) is 3.44. The standard InChI is InChI=1S/C16H24N2OS/c1-12(2)19-9-5-8-17-16(20)18-15-10-13-6-3-4-7-14(13)11-15/h3-4,6-7,12,15H,5,8-11H2,1-2H3,(H2,17,18,20). The smallest absolute Gasteiger partial charge is 0.166 e. The average molecular weight is 292 g/mol. The molecule has 2 rings (SSSR count). The molecule has 0 unspecified atom stereocenters. The number of thiocarbonyl (C=S) groups is 1. The first kappa shape index (κ1) is 15.3. The topological polar surface area (TPSA) is 33.3 Å². The Morgan fingerprint density at radius 3 is 2.55 bits per heavy atom. The third-order valence-corrected chi connectivity index (χ3v) is 3.71. The monoisotopic (exact) mass is 292 g/mol. The van der Waals surface area contributed by atoms with Gasteiger partial charge in [-0.2, -0.15) is 0 Å². The Morgan fingerprint density at radius 1 is 1.30 bits per heavy atom. The lowest BCUT2D eigenvalue weighted by Crippen LogP contribution is -2.42. The summed E-state index contributed by atoms with van der Waals surface area (Å²) >= 11 is 5.34. The van der Waals surface area contributed by atoms with Crippen molar-refractivity contribution in [3.05, 3.63) is 35.4 Å². The predicted molar refractivity (Wildman–Crippen MR) is 87.1 cm³/mol. The number of hydrogen-bond acceptors (Lipinski definition) is 2. The summed E-state index contributed by atoms with van der Waals surface area (Å²) in [5.41, 5.74) is 2.89. The van der Waals surface area contributed by atoms with Crippen molar-refractivity contribution in [2.24, 2.45) is 0 Å². The highest BCUT2D eigenvalue weighted by atomic mass is 32.1. The Balaban J connectivity index is 1.62. The Morgan fingerprint density at radius 2 is 1.95 bits per heavy atom. The molecule has 2 N–H and O–H groups in total. The van der Waals surface area contributed by atoms with Gasteiger partial charge in [-0.05, 0) is 56.5 Å². The van der Waals surface area contributed by atoms with Crippen LogP contribution in [0.25, 0.3) is 0 Å². The van der Waals surface area contributed by atoms with E-state index < -0.39 is 0 Å². The van der Waals surface area contributed by atoms with Crippen LogP contribution >= 0.6 is 12.2 Å². The molecule has 0 spiro atoms. The van der Waals surface area contributed by atoms with Gasteiger partial charge in [-0.15, -0.1) is 0 Å². The summed E-state index contributed by atoms with van der Waals surface area (Å²) in [6.07, 6.45) is 3.41. The Kier molecular flexibility index (Phi) is 5.80. The van der Waals surface area contributed by atoms with E-state index in [2.05, 4.69) is 48.7 Å². The number of fused-ring (bicyclic) bond motifs is 1. The highest BCUT2D eigenvalue weighted by Gasteiger charge is 2.20. The van der Waals surface area contributed by atoms with Crippen LogP contribution in [-0.2, 0) is 17.6 Å². The fraction of sp³-hybridized carbons (Fsp3) is 0.562. The Bertz CT molecular complexity index is 423. The van der Waals surface area contributed by atoms with E-state index in [1.54, 1.807) is 0 Å². The second-order valence-electron chi connectivity index (χ2n) is 5.55. The molecule has 20 heavy (non-hydrogen) atoms. The van der Waals surface area contributed by atoms with Crippen molar-refractivity contribution in [2.75, 3.05) is 13.2 Å². The normalized spacial score (nSPS) is 14.3. The van der Waals surface area contributed by atoms with E-state index in [4.69, 9.17) is 17.0 Å². The summed E-state index contributed by atoms with van der Waals surface area (Å²) in [6.45, 7) is 5.75. The summed E-state index contributed by atoms with van der Waals surface area (Å²) in [5, 5.41) is 7.41. The summed E-state index contributed by atoms with van der Waals surface area (Å²) in [6, 6.07) is 9.05. The molecule has 0 heterocycles. The number of rotatable bonds is 6. The largest absolute Gasteiger partial charge is 0.379 e. The van der Waals surface area contributed by atoms with Crippen LogP contribution in [0.4, 0.5) is 0 Å². The van der Waals surface area contributed by atoms with E-state index >= 15 is 0 Å². The van der Waals surface area contributed by atoms with Crippen LogP contribution in [0.3, 0.4) is 0 Å². The minimum Gasteiger partial charge on any atom is -0.379 e. The van der Waals surface area contributed by atoms with E-state index in [1.807, 2.05) is 0 Å². The molecular weight excluding hydrogens is 268 g/mol. The minimum absolute atomic E-state index is 0.303. The first-order chi connectivity index (χ1) is 9.65. The molecule has 1 aromatic rings. The quantitative estimate of drug-likeness (QED) is 0.623. The number of nitrogens with one attached hydrogen (secondary N) is 2. The van der Waals surface area contributed by atoms with Gasteiger partial charge in [0.15, 0.2) is 5.11 Å². The van der Waals surface area contributed by atoms with Crippen molar-refractivity contribution >= 4 is 17.3 Å². The molecule has 4 heteroatoms. The van der Waals surface area contributed by atoms with Crippen molar-refractivity contribution in [3.8, 4) is 0 Å². The van der Waals surface area contributed by atoms with Gasteiger partial charge in [0, 0.05) is 19.2 Å². The van der Waals surface area contributed by atoms with Crippen LogP contribution in [0, 0.1) is 0 Å². The Labute approximate surface area is 127 Å². The second kappa shape index (κ2) is 7.60. The molecule has 3 nitrogen and oxygen atoms in total. The molecule has 1 aliphatic rings. The van der Waals surface area contributed by atoms with Gasteiger partial charge < -0.3 is 15.4 Å². The molecule has 0 fully saturated rings. The average Bonchev–Trinajstić information content (AvgIpc) is 2.79. The first-order valence-corrected chi connectivity index (χ1v) is 7.78. The van der Waals surface area contributed by atoms with Crippen molar-refractivity contribution in [3.63, 3.8) is 0 Å². The predicted octanol–water partition coefficient (Wildman–Crippen LogP) is 2.43. The van der Waals surface area contributed by atoms with Crippen LogP contribution in [0.2, 0.25) is 0 Å². The molecule has 0 saturated carbocycles. The van der Waals surface area contributed by atoms with Gasteiger partial charge in [-0.25, -0.2) is 0 Å². The van der Waals surface area contributed by atoms with Gasteiger partial charge >= 0.3 is 0 Å². The number of ether oxygens (including phenoxy) is 1. The molecule has 0 amide bonds. The maximum Gasteiger partial charge on any atom is 0.166 e. The lowest BCUT2D eigenvalue weighted by molar-refractivity contribution is 0.0777. The molecule has 1 aromatic carbocycles. The minimum atomic E-state index is 0.303. The summed E-state index contributed by atoms with van der Waals surface area (Å²) < 4.78 is 5.50. The van der Waals surface area contributed by atoms with E-state index in [0.717, 1.165) is 37.5 Å². The van der Waals surface area contributed by atoms with Crippen LogP contribution in [0.15, 0.2) is 24.3 Å². The zero-order chi connectivity index (χ0) is 14.4. The second-order valence-corrected chi connectivity index (χ2v) is 5.96. The maximum atomic E-state index is 5.50. The lowest BCUT2D eigenvalue weighted by Gasteiger charge is -2.16. The first-order valence-electron chi connectivity index (χ1n) is 7.38.